The zero-order chi connectivity index (χ0) is 39.3. The summed E-state index contributed by atoms with van der Waals surface area (Å²) in [5.41, 5.74) is 6.48. The van der Waals surface area contributed by atoms with Gasteiger partial charge in [0.1, 0.15) is 36.3 Å². The van der Waals surface area contributed by atoms with Crippen LogP contribution in [0.25, 0.3) is 10.9 Å². The molecule has 0 spiro atoms. The van der Waals surface area contributed by atoms with Crippen LogP contribution in [0.4, 0.5) is 0 Å². The number of rotatable bonds is 20. The van der Waals surface area contributed by atoms with Crippen molar-refractivity contribution >= 4 is 58.3 Å². The number of benzene rings is 1. The van der Waals surface area contributed by atoms with Gasteiger partial charge < -0.3 is 63.0 Å². The summed E-state index contributed by atoms with van der Waals surface area (Å²) in [5, 5.41) is 53.4. The van der Waals surface area contributed by atoms with Gasteiger partial charge in [-0.2, -0.15) is 0 Å². The van der Waals surface area contributed by atoms with Gasteiger partial charge in [-0.3, -0.25) is 33.6 Å². The number of carboxylic acids is 2. The average molecular weight is 735 g/mol. The van der Waals surface area contributed by atoms with Gasteiger partial charge in [0.2, 0.25) is 35.4 Å². The largest absolute Gasteiger partial charge is 0.481 e. The molecule has 20 nitrogen and oxygen atoms in total. The molecule has 1 aromatic heterocycles. The second-order valence-electron chi connectivity index (χ2n) is 12.3. The molecule has 0 fully saturated rings. The van der Waals surface area contributed by atoms with Crippen molar-refractivity contribution in [1.29, 1.82) is 0 Å². The molecule has 13 N–H and O–H groups in total. The van der Waals surface area contributed by atoms with E-state index in [4.69, 9.17) is 5.73 Å². The van der Waals surface area contributed by atoms with Crippen LogP contribution in [0.3, 0.4) is 0 Å². The lowest BCUT2D eigenvalue weighted by Gasteiger charge is -2.28. The van der Waals surface area contributed by atoms with Crippen LogP contribution in [0.1, 0.15) is 39.7 Å². The summed E-state index contributed by atoms with van der Waals surface area (Å²) >= 11 is 0. The van der Waals surface area contributed by atoms with Crippen molar-refractivity contribution in [3.8, 4) is 0 Å². The minimum Gasteiger partial charge on any atom is -0.481 e. The fraction of sp³-hybridized carbons (Fsp3) is 0.500. The quantitative estimate of drug-likeness (QED) is 0.0622. The van der Waals surface area contributed by atoms with E-state index in [9.17, 15) is 58.8 Å². The highest BCUT2D eigenvalue weighted by Gasteiger charge is 2.36. The molecule has 0 aliphatic heterocycles. The number of H-pyrrole nitrogens is 1. The topological polar surface area (TPSA) is 331 Å². The highest BCUT2D eigenvalue weighted by atomic mass is 16.4. The highest BCUT2D eigenvalue weighted by molar-refractivity contribution is 5.98. The van der Waals surface area contributed by atoms with Crippen molar-refractivity contribution in [3.63, 3.8) is 0 Å². The standard InChI is InChI=1S/C32H46N8O12/c1-14(2)25(32(51)52)39-28(47)20(9-17-12-34-19-8-6-5-7-18(17)19)37-31(50)26(16(4)42)40-29(48)21(10-24(44)45)36-30(49)22(13-41)38-27(46)15(3)35-23(43)11-33/h5-8,12,14-16,20-22,25-26,34,41-42H,9-11,13,33H2,1-4H3,(H,35,43)(H,36,49)(H,37,50)(H,38,46)(H,39,47)(H,40,48)(H,44,45)(H,51,52)/t15-,16+,20-,21-,22-,25-,26-/m0/s1. The summed E-state index contributed by atoms with van der Waals surface area (Å²) in [6.45, 7) is 4.08. The third-order valence-corrected chi connectivity index (χ3v) is 7.81. The molecule has 0 aliphatic rings. The number of aliphatic carboxylic acids is 2. The molecule has 2 rings (SSSR count). The maximum atomic E-state index is 13.6. The molecule has 52 heavy (non-hydrogen) atoms. The lowest BCUT2D eigenvalue weighted by Crippen LogP contribution is -2.62. The third kappa shape index (κ3) is 12.3. The van der Waals surface area contributed by atoms with Crippen LogP contribution in [0.5, 0.6) is 0 Å². The summed E-state index contributed by atoms with van der Waals surface area (Å²) < 4.78 is 0. The van der Waals surface area contributed by atoms with Crippen molar-refractivity contribution in [1.82, 2.24) is 36.9 Å². The number of fused-ring (bicyclic) bond motifs is 1. The molecule has 1 heterocycles. The number of aromatic nitrogens is 1. The smallest absolute Gasteiger partial charge is 0.326 e. The fourth-order valence-corrected chi connectivity index (χ4v) is 4.93. The minimum atomic E-state index is -1.91. The van der Waals surface area contributed by atoms with Gasteiger partial charge in [0.05, 0.1) is 25.7 Å². The fourth-order valence-electron chi connectivity index (χ4n) is 4.93. The van der Waals surface area contributed by atoms with Gasteiger partial charge in [0, 0.05) is 23.5 Å². The van der Waals surface area contributed by atoms with Gasteiger partial charge in [0.15, 0.2) is 0 Å². The summed E-state index contributed by atoms with van der Waals surface area (Å²) in [7, 11) is 0. The molecule has 0 saturated carbocycles. The van der Waals surface area contributed by atoms with Gasteiger partial charge in [-0.05, 0) is 31.4 Å². The number of aromatic amines is 1. The second-order valence-corrected chi connectivity index (χ2v) is 12.3. The summed E-state index contributed by atoms with van der Waals surface area (Å²) in [4.78, 5) is 104. The van der Waals surface area contributed by atoms with E-state index in [2.05, 4.69) is 36.9 Å². The molecule has 0 radical (unpaired) electrons. The van der Waals surface area contributed by atoms with Crippen LogP contribution in [-0.2, 0) is 44.8 Å². The average Bonchev–Trinajstić information content (AvgIpc) is 3.48. The number of carbonyl (C=O) groups excluding carboxylic acids is 6. The monoisotopic (exact) mass is 734 g/mol. The number of amides is 6. The highest BCUT2D eigenvalue weighted by Crippen LogP contribution is 2.19. The predicted octanol–water partition coefficient (Wildman–Crippen LogP) is -3.81. The Morgan fingerprint density at radius 1 is 0.731 bits per heavy atom. The first kappa shape index (κ1) is 42.6. The van der Waals surface area contributed by atoms with Crippen molar-refractivity contribution in [2.45, 2.75) is 82.9 Å². The van der Waals surface area contributed by atoms with Gasteiger partial charge in [0.25, 0.3) is 0 Å². The molecule has 0 unspecified atom stereocenters. The predicted molar refractivity (Wildman–Crippen MR) is 182 cm³/mol. The molecular weight excluding hydrogens is 688 g/mol. The normalized spacial score (nSPS) is 15.2. The number of nitrogens with one attached hydrogen (secondary N) is 7. The first-order chi connectivity index (χ1) is 24.4. The van der Waals surface area contributed by atoms with Crippen LogP contribution in [-0.4, -0.2) is 128 Å². The van der Waals surface area contributed by atoms with E-state index in [1.54, 1.807) is 44.3 Å². The Kier molecular flexibility index (Phi) is 16.1. The zero-order valence-corrected chi connectivity index (χ0v) is 29.0. The number of aliphatic hydroxyl groups is 2. The Bertz CT molecular complexity index is 1630. The van der Waals surface area contributed by atoms with Crippen LogP contribution >= 0.6 is 0 Å². The molecule has 0 saturated heterocycles. The van der Waals surface area contributed by atoms with E-state index >= 15 is 0 Å². The van der Waals surface area contributed by atoms with Gasteiger partial charge >= 0.3 is 11.9 Å². The van der Waals surface area contributed by atoms with E-state index in [0.717, 1.165) is 6.92 Å². The number of hydrogen-bond acceptors (Lipinski definition) is 11. The Balaban J connectivity index is 2.31. The van der Waals surface area contributed by atoms with Crippen molar-refractivity contribution < 1.29 is 58.8 Å². The van der Waals surface area contributed by atoms with Crippen molar-refractivity contribution in [2.24, 2.45) is 11.7 Å². The number of carbonyl (C=O) groups is 8. The number of aliphatic hydroxyl groups excluding tert-OH is 2. The summed E-state index contributed by atoms with van der Waals surface area (Å²) in [6, 6.07) is -2.36. The van der Waals surface area contributed by atoms with Gasteiger partial charge in [-0.25, -0.2) is 4.79 Å². The van der Waals surface area contributed by atoms with Crippen molar-refractivity contribution in [3.05, 3.63) is 36.0 Å². The van der Waals surface area contributed by atoms with E-state index in [0.29, 0.717) is 16.5 Å². The summed E-state index contributed by atoms with van der Waals surface area (Å²) in [5.74, 6) is -9.53. The molecular formula is C32H46N8O12. The number of carboxylic acid groups (broad SMARTS) is 2. The van der Waals surface area contributed by atoms with Crippen LogP contribution in [0.15, 0.2) is 30.5 Å². The SMILES string of the molecule is CC(C)[C@H](NC(=O)[C@H](Cc1c[nH]c2ccccc12)NC(=O)[C@@H](NC(=O)[C@H](CC(=O)O)NC(=O)[C@H](CO)NC(=O)[C@H](C)NC(=O)CN)[C@@H](C)O)C(=O)O. The van der Waals surface area contributed by atoms with E-state index < -0.39 is 115 Å². The molecule has 20 heteroatoms. The molecule has 6 amide bonds. The van der Waals surface area contributed by atoms with Crippen LogP contribution < -0.4 is 37.6 Å². The van der Waals surface area contributed by atoms with Crippen LogP contribution in [0.2, 0.25) is 0 Å². The molecule has 0 bridgehead atoms. The molecule has 1 aromatic carbocycles. The van der Waals surface area contributed by atoms with Crippen LogP contribution in [0, 0.1) is 5.92 Å². The third-order valence-electron chi connectivity index (χ3n) is 7.81. The Hall–Kier alpha value is -5.60. The maximum Gasteiger partial charge on any atom is 0.326 e. The summed E-state index contributed by atoms with van der Waals surface area (Å²) in [6.07, 6.45) is -1.26. The second kappa shape index (κ2) is 19.7. The zero-order valence-electron chi connectivity index (χ0n) is 29.0. The maximum absolute atomic E-state index is 13.6. The lowest BCUT2D eigenvalue weighted by atomic mass is 10.0. The molecule has 2 aromatic rings. The number of nitrogens with two attached hydrogens (primary N) is 1. The first-order valence-electron chi connectivity index (χ1n) is 16.2. The Labute approximate surface area is 297 Å². The van der Waals surface area contributed by atoms with E-state index in [1.807, 2.05) is 0 Å². The molecule has 286 valence electrons. The Morgan fingerprint density at radius 3 is 1.85 bits per heavy atom. The van der Waals surface area contributed by atoms with Gasteiger partial charge in [-0.15, -0.1) is 0 Å². The molecule has 7 atom stereocenters. The number of hydrogen-bond donors (Lipinski definition) is 12. The van der Waals surface area contributed by atoms with E-state index in [-0.39, 0.29) is 6.42 Å². The first-order valence-corrected chi connectivity index (χ1v) is 16.2. The van der Waals surface area contributed by atoms with E-state index in [1.165, 1.54) is 6.92 Å². The van der Waals surface area contributed by atoms with Gasteiger partial charge in [-0.1, -0.05) is 32.0 Å². The number of para-hydroxylation sites is 1. The molecule has 0 aliphatic carbocycles. The lowest BCUT2D eigenvalue weighted by molar-refractivity contribution is -0.143. The Morgan fingerprint density at radius 2 is 1.29 bits per heavy atom. The van der Waals surface area contributed by atoms with Crippen molar-refractivity contribution in [2.75, 3.05) is 13.2 Å². The minimum absolute atomic E-state index is 0.160.